The molecule has 1 amide bonds. The number of anilines is 2. The first-order valence-corrected chi connectivity index (χ1v) is 6.62. The van der Waals surface area contributed by atoms with Crippen molar-refractivity contribution in [3.05, 3.63) is 49.6 Å². The lowest BCUT2D eigenvalue weighted by molar-refractivity contribution is -0.111. The first kappa shape index (κ1) is 13.7. The number of aromatic nitrogens is 4. The summed E-state index contributed by atoms with van der Waals surface area (Å²) in [4.78, 5) is 24.3. The molecule has 0 unspecified atom stereocenters. The van der Waals surface area contributed by atoms with Gasteiger partial charge in [-0.3, -0.25) is 14.3 Å². The monoisotopic (exact) mass is 294 g/mol. The van der Waals surface area contributed by atoms with Gasteiger partial charge in [0.15, 0.2) is 5.82 Å². The van der Waals surface area contributed by atoms with E-state index in [1.54, 1.807) is 31.8 Å². The molecule has 1 aromatic carbocycles. The van der Waals surface area contributed by atoms with Gasteiger partial charge in [-0.1, -0.05) is 6.58 Å². The minimum atomic E-state index is -0.262. The van der Waals surface area contributed by atoms with Gasteiger partial charge in [0.2, 0.25) is 5.91 Å². The van der Waals surface area contributed by atoms with Crippen LogP contribution in [0.25, 0.3) is 16.9 Å². The molecule has 2 heterocycles. The van der Waals surface area contributed by atoms with Gasteiger partial charge in [0.1, 0.15) is 12.1 Å². The van der Waals surface area contributed by atoms with Crippen LogP contribution in [0.5, 0.6) is 0 Å². The minimum Gasteiger partial charge on any atom is -0.372 e. The van der Waals surface area contributed by atoms with Gasteiger partial charge in [0, 0.05) is 12.7 Å². The second kappa shape index (κ2) is 5.65. The highest BCUT2D eigenvalue weighted by Crippen LogP contribution is 2.21. The van der Waals surface area contributed by atoms with Gasteiger partial charge in [-0.2, -0.15) is 0 Å². The lowest BCUT2D eigenvalue weighted by Gasteiger charge is -2.06. The third kappa shape index (κ3) is 2.51. The number of carbonyl (C=O) groups is 1. The number of amides is 1. The quantitative estimate of drug-likeness (QED) is 0.719. The molecular weight excluding hydrogens is 280 g/mol. The Balaban J connectivity index is 2.07. The molecule has 0 aliphatic rings. The number of hydrogen-bond donors (Lipinski definition) is 2. The van der Waals surface area contributed by atoms with Crippen LogP contribution < -0.4 is 10.6 Å². The molecular formula is C15H14N6O. The Morgan fingerprint density at radius 3 is 3.00 bits per heavy atom. The summed E-state index contributed by atoms with van der Waals surface area (Å²) in [7, 11) is 1.78. The number of carbonyl (C=O) groups excluding carboxylic acids is 1. The molecule has 3 rings (SSSR count). The number of rotatable bonds is 4. The lowest BCUT2D eigenvalue weighted by Crippen LogP contribution is -2.07. The highest BCUT2D eigenvalue weighted by atomic mass is 16.1. The van der Waals surface area contributed by atoms with E-state index in [1.165, 1.54) is 6.08 Å². The van der Waals surface area contributed by atoms with Gasteiger partial charge < -0.3 is 10.6 Å². The molecule has 0 aliphatic heterocycles. The lowest BCUT2D eigenvalue weighted by atomic mass is 10.2. The van der Waals surface area contributed by atoms with Crippen molar-refractivity contribution in [2.24, 2.45) is 0 Å². The maximum Gasteiger partial charge on any atom is 0.247 e. The van der Waals surface area contributed by atoms with Gasteiger partial charge in [0.25, 0.3) is 0 Å². The summed E-state index contributed by atoms with van der Waals surface area (Å²) in [6.07, 6.45) is 6.19. The molecule has 7 heteroatoms. The van der Waals surface area contributed by atoms with Gasteiger partial charge >= 0.3 is 0 Å². The standard InChI is InChI=1S/C15H14N6O/c1-3-15(22)19-10-4-5-11-12(6-10)21(9-18-11)14-8-17-7-13(16-2)20-14/h3-9H,1H2,2H3,(H,16,20)(H,19,22). The SMILES string of the molecule is C=CC(=O)Nc1ccc2ncn(-c3cncc(NC)n3)c2c1. The van der Waals surface area contributed by atoms with Crippen LogP contribution in [0.3, 0.4) is 0 Å². The number of nitrogens with zero attached hydrogens (tertiary/aromatic N) is 4. The fraction of sp³-hybridized carbons (Fsp3) is 0.0667. The molecule has 2 N–H and O–H groups in total. The van der Waals surface area contributed by atoms with E-state index in [2.05, 4.69) is 32.2 Å². The van der Waals surface area contributed by atoms with E-state index in [1.807, 2.05) is 16.7 Å². The molecule has 3 aromatic rings. The van der Waals surface area contributed by atoms with Gasteiger partial charge in [-0.25, -0.2) is 9.97 Å². The predicted octanol–water partition coefficient (Wildman–Crippen LogP) is 1.98. The summed E-state index contributed by atoms with van der Waals surface area (Å²) in [5.41, 5.74) is 2.29. The Hall–Kier alpha value is -3.22. The number of fused-ring (bicyclic) bond motifs is 1. The molecule has 110 valence electrons. The largest absolute Gasteiger partial charge is 0.372 e. The fourth-order valence-electron chi connectivity index (χ4n) is 2.05. The van der Waals surface area contributed by atoms with Crippen LogP contribution in [0.2, 0.25) is 0 Å². The average molecular weight is 294 g/mol. The Labute approximate surface area is 126 Å². The van der Waals surface area contributed by atoms with E-state index in [4.69, 9.17) is 0 Å². The third-order valence-corrected chi connectivity index (χ3v) is 3.12. The van der Waals surface area contributed by atoms with Crippen LogP contribution in [-0.4, -0.2) is 32.5 Å². The Morgan fingerprint density at radius 2 is 2.23 bits per heavy atom. The molecule has 0 atom stereocenters. The molecule has 0 aliphatic carbocycles. The maximum atomic E-state index is 11.4. The van der Waals surface area contributed by atoms with Crippen LogP contribution >= 0.6 is 0 Å². The van der Waals surface area contributed by atoms with E-state index < -0.39 is 0 Å². The van der Waals surface area contributed by atoms with Crippen molar-refractivity contribution >= 4 is 28.4 Å². The van der Waals surface area contributed by atoms with Crippen molar-refractivity contribution in [3.63, 3.8) is 0 Å². The molecule has 0 saturated heterocycles. The Morgan fingerprint density at radius 1 is 1.36 bits per heavy atom. The van der Waals surface area contributed by atoms with E-state index in [0.717, 1.165) is 11.0 Å². The molecule has 7 nitrogen and oxygen atoms in total. The highest BCUT2D eigenvalue weighted by Gasteiger charge is 2.08. The molecule has 0 spiro atoms. The molecule has 0 saturated carbocycles. The van der Waals surface area contributed by atoms with Crippen LogP contribution in [-0.2, 0) is 4.79 Å². The van der Waals surface area contributed by atoms with Crippen molar-refractivity contribution in [3.8, 4) is 5.82 Å². The molecule has 2 aromatic heterocycles. The summed E-state index contributed by atoms with van der Waals surface area (Å²) >= 11 is 0. The first-order valence-electron chi connectivity index (χ1n) is 6.62. The highest BCUT2D eigenvalue weighted by molar-refractivity contribution is 6.00. The second-order valence-electron chi connectivity index (χ2n) is 4.52. The fourth-order valence-corrected chi connectivity index (χ4v) is 2.05. The topological polar surface area (TPSA) is 84.7 Å². The van der Waals surface area contributed by atoms with Crippen molar-refractivity contribution in [2.45, 2.75) is 0 Å². The number of benzene rings is 1. The van der Waals surface area contributed by atoms with Gasteiger partial charge in [-0.15, -0.1) is 0 Å². The zero-order chi connectivity index (χ0) is 15.5. The first-order chi connectivity index (χ1) is 10.7. The van der Waals surface area contributed by atoms with Crippen molar-refractivity contribution < 1.29 is 4.79 Å². The van der Waals surface area contributed by atoms with Crippen molar-refractivity contribution in [1.82, 2.24) is 19.5 Å². The molecule has 0 fully saturated rings. The average Bonchev–Trinajstić information content (AvgIpc) is 2.98. The van der Waals surface area contributed by atoms with Crippen LogP contribution in [0, 0.1) is 0 Å². The minimum absolute atomic E-state index is 0.262. The summed E-state index contributed by atoms with van der Waals surface area (Å²) in [6, 6.07) is 5.45. The smallest absolute Gasteiger partial charge is 0.247 e. The zero-order valence-electron chi connectivity index (χ0n) is 11.9. The summed E-state index contributed by atoms with van der Waals surface area (Å²) in [6.45, 7) is 3.44. The summed E-state index contributed by atoms with van der Waals surface area (Å²) in [5, 5.41) is 5.68. The van der Waals surface area contributed by atoms with E-state index in [0.29, 0.717) is 17.3 Å². The molecule has 0 bridgehead atoms. The maximum absolute atomic E-state index is 11.4. The van der Waals surface area contributed by atoms with Crippen LogP contribution in [0.1, 0.15) is 0 Å². The zero-order valence-corrected chi connectivity index (χ0v) is 11.9. The number of nitrogens with one attached hydrogen (secondary N) is 2. The molecule has 22 heavy (non-hydrogen) atoms. The van der Waals surface area contributed by atoms with Crippen LogP contribution in [0.4, 0.5) is 11.5 Å². The van der Waals surface area contributed by atoms with E-state index >= 15 is 0 Å². The van der Waals surface area contributed by atoms with Crippen molar-refractivity contribution in [1.29, 1.82) is 0 Å². The van der Waals surface area contributed by atoms with Crippen LogP contribution in [0.15, 0.2) is 49.6 Å². The summed E-state index contributed by atoms with van der Waals surface area (Å²) < 4.78 is 1.81. The summed E-state index contributed by atoms with van der Waals surface area (Å²) in [5.74, 6) is 1.04. The van der Waals surface area contributed by atoms with E-state index in [9.17, 15) is 4.79 Å². The van der Waals surface area contributed by atoms with Gasteiger partial charge in [-0.05, 0) is 24.3 Å². The Bertz CT molecular complexity index is 854. The normalized spacial score (nSPS) is 10.4. The van der Waals surface area contributed by atoms with Gasteiger partial charge in [0.05, 0.1) is 23.4 Å². The van der Waals surface area contributed by atoms with E-state index in [-0.39, 0.29) is 5.91 Å². The number of imidazole rings is 1. The Kier molecular flexibility index (Phi) is 3.53. The molecule has 0 radical (unpaired) electrons. The van der Waals surface area contributed by atoms with Crippen molar-refractivity contribution in [2.75, 3.05) is 17.7 Å². The predicted molar refractivity (Wildman–Crippen MR) is 85.0 cm³/mol. The second-order valence-corrected chi connectivity index (χ2v) is 4.52. The number of hydrogen-bond acceptors (Lipinski definition) is 5. The third-order valence-electron chi connectivity index (χ3n) is 3.12.